The van der Waals surface area contributed by atoms with Gasteiger partial charge in [0.1, 0.15) is 0 Å². The highest BCUT2D eigenvalue weighted by atomic mass is 19.2. The number of hydrogen-bond acceptors (Lipinski definition) is 0. The van der Waals surface area contributed by atoms with Crippen LogP contribution in [-0.2, 0) is 0 Å². The van der Waals surface area contributed by atoms with Crippen molar-refractivity contribution in [3.63, 3.8) is 0 Å². The van der Waals surface area contributed by atoms with E-state index in [-0.39, 0.29) is 7.34 Å². The lowest BCUT2D eigenvalue weighted by Gasteiger charge is -2.27. The second-order valence-corrected chi connectivity index (χ2v) is 6.65. The Kier molecular flexibility index (Phi) is 4.28. The van der Waals surface area contributed by atoms with Crippen LogP contribution in [0.1, 0.15) is 51.1 Å². The molecule has 2 aromatic rings. The molecule has 1 aliphatic carbocycles. The maximum atomic E-state index is 14.5. The molecule has 0 aromatic heterocycles. The van der Waals surface area contributed by atoms with Crippen molar-refractivity contribution >= 4 is 0 Å². The average molecular weight is 302 g/mol. The minimum absolute atomic E-state index is 0. The number of aryl methyl sites for hydroxylation is 1. The highest BCUT2D eigenvalue weighted by Crippen LogP contribution is 2.38. The van der Waals surface area contributed by atoms with Gasteiger partial charge in [-0.3, -0.25) is 0 Å². The summed E-state index contributed by atoms with van der Waals surface area (Å²) in [6.45, 7) is 4.21. The predicted molar refractivity (Wildman–Crippen MR) is 89.0 cm³/mol. The summed E-state index contributed by atoms with van der Waals surface area (Å²) in [6.07, 6.45) is 4.12. The van der Waals surface area contributed by atoms with Crippen LogP contribution in [0, 0.1) is 24.5 Å². The van der Waals surface area contributed by atoms with Crippen LogP contribution in [-0.4, -0.2) is 0 Å². The van der Waals surface area contributed by atoms with E-state index in [9.17, 15) is 8.78 Å². The van der Waals surface area contributed by atoms with Crippen molar-refractivity contribution in [3.05, 3.63) is 59.2 Å². The first-order valence-electron chi connectivity index (χ1n) is 8.11. The van der Waals surface area contributed by atoms with Crippen molar-refractivity contribution in [3.8, 4) is 11.1 Å². The standard InChI is InChI=1S/C20H22F2.H2/c1-13-3-7-15(8-4-13)17-11-12-18(20(22)19(17)21)16-9-5-14(2)6-10-16;/h3-4,7-8,11-12,14,16H,5-6,9-10H2,1-2H3;1H. The Labute approximate surface area is 132 Å². The lowest BCUT2D eigenvalue weighted by molar-refractivity contribution is 0.339. The Balaban J connectivity index is 0.00000192. The SMILES string of the molecule is Cc1ccc(-c2ccc(C3CCC(C)CC3)c(F)c2F)cc1.[HH]. The highest BCUT2D eigenvalue weighted by Gasteiger charge is 2.24. The zero-order valence-corrected chi connectivity index (χ0v) is 13.2. The van der Waals surface area contributed by atoms with Crippen molar-refractivity contribution < 1.29 is 10.2 Å². The summed E-state index contributed by atoms with van der Waals surface area (Å²) < 4.78 is 29.0. The van der Waals surface area contributed by atoms with Gasteiger partial charge in [0.05, 0.1) is 0 Å². The molecule has 0 amide bonds. The second kappa shape index (κ2) is 6.20. The van der Waals surface area contributed by atoms with Gasteiger partial charge in [0.15, 0.2) is 11.6 Å². The van der Waals surface area contributed by atoms with Crippen LogP contribution in [0.15, 0.2) is 36.4 Å². The third-order valence-corrected chi connectivity index (χ3v) is 4.93. The van der Waals surface area contributed by atoms with Crippen LogP contribution in [0.3, 0.4) is 0 Å². The molecular formula is C20H24F2. The second-order valence-electron chi connectivity index (χ2n) is 6.65. The molecule has 0 nitrogen and oxygen atoms in total. The normalized spacial score (nSPS) is 21.8. The molecule has 2 aromatic carbocycles. The first-order valence-corrected chi connectivity index (χ1v) is 8.11. The van der Waals surface area contributed by atoms with Crippen LogP contribution >= 0.6 is 0 Å². The van der Waals surface area contributed by atoms with Gasteiger partial charge < -0.3 is 0 Å². The topological polar surface area (TPSA) is 0 Å². The predicted octanol–water partition coefficient (Wildman–Crippen LogP) is 6.48. The van der Waals surface area contributed by atoms with Crippen LogP contribution in [0.4, 0.5) is 8.78 Å². The molecule has 0 atom stereocenters. The third-order valence-electron chi connectivity index (χ3n) is 4.93. The van der Waals surface area contributed by atoms with Crippen LogP contribution in [0.5, 0.6) is 0 Å². The zero-order valence-electron chi connectivity index (χ0n) is 13.2. The Morgan fingerprint density at radius 3 is 2.14 bits per heavy atom. The molecule has 118 valence electrons. The van der Waals surface area contributed by atoms with Gasteiger partial charge in [-0.15, -0.1) is 0 Å². The fourth-order valence-corrected chi connectivity index (χ4v) is 3.41. The maximum absolute atomic E-state index is 14.5. The summed E-state index contributed by atoms with van der Waals surface area (Å²) in [5.41, 5.74) is 2.74. The van der Waals surface area contributed by atoms with E-state index in [1.807, 2.05) is 31.2 Å². The molecule has 0 saturated heterocycles. The van der Waals surface area contributed by atoms with E-state index in [4.69, 9.17) is 0 Å². The van der Waals surface area contributed by atoms with Gasteiger partial charge in [-0.25, -0.2) is 8.78 Å². The van der Waals surface area contributed by atoms with Crippen molar-refractivity contribution in [2.45, 2.75) is 45.4 Å². The highest BCUT2D eigenvalue weighted by molar-refractivity contribution is 5.65. The maximum Gasteiger partial charge on any atom is 0.166 e. The monoisotopic (exact) mass is 302 g/mol. The van der Waals surface area contributed by atoms with Crippen LogP contribution in [0.25, 0.3) is 11.1 Å². The molecule has 0 spiro atoms. The molecule has 0 bridgehead atoms. The Hall–Kier alpha value is -1.70. The lowest BCUT2D eigenvalue weighted by Crippen LogP contribution is -2.13. The van der Waals surface area contributed by atoms with Gasteiger partial charge in [0, 0.05) is 6.99 Å². The molecule has 0 unspecified atom stereocenters. The molecule has 0 heterocycles. The first-order chi connectivity index (χ1) is 10.6. The van der Waals surface area contributed by atoms with E-state index in [0.29, 0.717) is 17.0 Å². The number of hydrogen-bond donors (Lipinski definition) is 0. The Morgan fingerprint density at radius 1 is 0.864 bits per heavy atom. The molecular weight excluding hydrogens is 278 g/mol. The van der Waals surface area contributed by atoms with Gasteiger partial charge >= 0.3 is 0 Å². The van der Waals surface area contributed by atoms with E-state index < -0.39 is 11.6 Å². The number of rotatable bonds is 2. The molecule has 1 fully saturated rings. The average Bonchev–Trinajstić information content (AvgIpc) is 2.52. The first kappa shape index (κ1) is 15.2. The number of benzene rings is 2. The summed E-state index contributed by atoms with van der Waals surface area (Å²) in [5.74, 6) is -0.494. The zero-order chi connectivity index (χ0) is 15.7. The van der Waals surface area contributed by atoms with Gasteiger partial charge in [-0.2, -0.15) is 0 Å². The van der Waals surface area contributed by atoms with Crippen LogP contribution < -0.4 is 0 Å². The number of halogens is 2. The van der Waals surface area contributed by atoms with E-state index >= 15 is 0 Å². The van der Waals surface area contributed by atoms with Gasteiger partial charge in [-0.1, -0.05) is 61.7 Å². The van der Waals surface area contributed by atoms with Crippen LogP contribution in [0.2, 0.25) is 0 Å². The van der Waals surface area contributed by atoms with E-state index in [1.54, 1.807) is 12.1 Å². The minimum Gasteiger partial charge on any atom is -0.203 e. The molecule has 22 heavy (non-hydrogen) atoms. The molecule has 0 radical (unpaired) electrons. The molecule has 0 N–H and O–H groups in total. The molecule has 1 saturated carbocycles. The summed E-state index contributed by atoms with van der Waals surface area (Å²) in [5, 5.41) is 0. The van der Waals surface area contributed by atoms with Gasteiger partial charge in [0.2, 0.25) is 0 Å². The molecule has 0 aliphatic heterocycles. The molecule has 3 rings (SSSR count). The van der Waals surface area contributed by atoms with Crippen molar-refractivity contribution in [2.75, 3.05) is 0 Å². The summed E-state index contributed by atoms with van der Waals surface area (Å²) in [6, 6.07) is 11.0. The Bertz CT molecular complexity index is 656. The lowest BCUT2D eigenvalue weighted by atomic mass is 9.79. The Morgan fingerprint density at radius 2 is 1.50 bits per heavy atom. The fourth-order valence-electron chi connectivity index (χ4n) is 3.41. The van der Waals surface area contributed by atoms with Crippen molar-refractivity contribution in [1.29, 1.82) is 0 Å². The quantitative estimate of drug-likeness (QED) is 0.595. The fraction of sp³-hybridized carbons (Fsp3) is 0.400. The van der Waals surface area contributed by atoms with Gasteiger partial charge in [0.25, 0.3) is 0 Å². The van der Waals surface area contributed by atoms with Crippen molar-refractivity contribution in [2.24, 2.45) is 5.92 Å². The third kappa shape index (κ3) is 2.92. The van der Waals surface area contributed by atoms with E-state index in [0.717, 1.165) is 36.8 Å². The summed E-state index contributed by atoms with van der Waals surface area (Å²) in [7, 11) is 0. The summed E-state index contributed by atoms with van der Waals surface area (Å²) >= 11 is 0. The van der Waals surface area contributed by atoms with E-state index in [1.165, 1.54) is 0 Å². The smallest absolute Gasteiger partial charge is 0.166 e. The van der Waals surface area contributed by atoms with Crippen molar-refractivity contribution in [1.82, 2.24) is 0 Å². The van der Waals surface area contributed by atoms with Gasteiger partial charge in [-0.05, 0) is 42.7 Å². The molecule has 1 aliphatic rings. The summed E-state index contributed by atoms with van der Waals surface area (Å²) in [4.78, 5) is 0. The largest absolute Gasteiger partial charge is 0.203 e. The van der Waals surface area contributed by atoms with E-state index in [2.05, 4.69) is 6.92 Å². The molecule has 2 heteroatoms. The minimum atomic E-state index is -0.708.